The van der Waals surface area contributed by atoms with Crippen molar-refractivity contribution in [3.8, 4) is 0 Å². The van der Waals surface area contributed by atoms with Crippen molar-refractivity contribution in [1.82, 2.24) is 14.9 Å². The number of nitrogens with one attached hydrogen (secondary N) is 1. The lowest BCUT2D eigenvalue weighted by molar-refractivity contribution is -0.387. The van der Waals surface area contributed by atoms with Gasteiger partial charge in [-0.15, -0.1) is 0 Å². The molecule has 1 fully saturated rings. The summed E-state index contributed by atoms with van der Waals surface area (Å²) in [6.45, 7) is 0.579. The molecule has 32 heavy (non-hydrogen) atoms. The number of nitrogens with zero attached hydrogens (tertiary/aromatic N) is 3. The number of carbonyl (C=O) groups excluding carboxylic acids is 1. The molecule has 1 N–H and O–H groups in total. The molecule has 0 saturated heterocycles. The number of aromatic nitrogens is 2. The van der Waals surface area contributed by atoms with Gasteiger partial charge < -0.3 is 9.88 Å². The molecule has 7 nitrogen and oxygen atoms in total. The van der Waals surface area contributed by atoms with Crippen LogP contribution in [0.3, 0.4) is 0 Å². The second kappa shape index (κ2) is 8.47. The highest BCUT2D eigenvalue weighted by atomic mass is 32.2. The van der Waals surface area contributed by atoms with Gasteiger partial charge in [0.1, 0.15) is 0 Å². The molecule has 2 aromatic heterocycles. The fourth-order valence-corrected chi connectivity index (χ4v) is 4.70. The summed E-state index contributed by atoms with van der Waals surface area (Å²) in [4.78, 5) is 29.4. The Morgan fingerprint density at radius 1 is 1.16 bits per heavy atom. The molecule has 2 aromatic carbocycles. The van der Waals surface area contributed by atoms with E-state index in [2.05, 4.69) is 14.9 Å². The van der Waals surface area contributed by atoms with Crippen molar-refractivity contribution in [3.63, 3.8) is 0 Å². The summed E-state index contributed by atoms with van der Waals surface area (Å²) in [6, 6.07) is 16.5. The second-order valence-corrected chi connectivity index (χ2v) is 8.87. The van der Waals surface area contributed by atoms with E-state index >= 15 is 0 Å². The molecule has 4 aromatic rings. The van der Waals surface area contributed by atoms with Gasteiger partial charge in [0.25, 0.3) is 11.6 Å². The van der Waals surface area contributed by atoms with Gasteiger partial charge >= 0.3 is 0 Å². The zero-order valence-corrected chi connectivity index (χ0v) is 17.9. The summed E-state index contributed by atoms with van der Waals surface area (Å²) in [6.07, 6.45) is 7.59. The minimum absolute atomic E-state index is 0.0728. The highest BCUT2D eigenvalue weighted by Crippen LogP contribution is 2.39. The van der Waals surface area contributed by atoms with Crippen LogP contribution < -0.4 is 5.32 Å². The maximum Gasteiger partial charge on any atom is 0.283 e. The molecule has 0 radical (unpaired) electrons. The molecule has 1 amide bonds. The number of amides is 1. The van der Waals surface area contributed by atoms with Crippen LogP contribution in [0.15, 0.2) is 83.0 Å². The molecule has 8 heteroatoms. The monoisotopic (exact) mass is 444 g/mol. The van der Waals surface area contributed by atoms with E-state index in [1.54, 1.807) is 24.4 Å². The number of benzene rings is 2. The van der Waals surface area contributed by atoms with E-state index in [-0.39, 0.29) is 22.6 Å². The Morgan fingerprint density at radius 3 is 2.75 bits per heavy atom. The second-order valence-electron chi connectivity index (χ2n) is 7.79. The standard InChI is InChI=1S/C24H20N4O3S/c29-24(26-18-8-9-18)17-7-10-19-21(12-17)27(14-16-4-3-11-25-13-16)15-23(19)32-22-6-2-1-5-20(22)28(30)31/h1-7,10-13,15,18H,8-9,14H2,(H,26,29). The molecular formula is C24H20N4O3S. The fraction of sp³-hybridized carbons (Fsp3) is 0.167. The first-order chi connectivity index (χ1) is 15.6. The number of rotatable bonds is 7. The van der Waals surface area contributed by atoms with Crippen LogP contribution in [0, 0.1) is 10.1 Å². The van der Waals surface area contributed by atoms with Crippen molar-refractivity contribution in [1.29, 1.82) is 0 Å². The normalized spacial score (nSPS) is 13.2. The van der Waals surface area contributed by atoms with Crippen LogP contribution in [0.4, 0.5) is 5.69 Å². The maximum atomic E-state index is 12.6. The van der Waals surface area contributed by atoms with Crippen molar-refractivity contribution < 1.29 is 9.72 Å². The number of pyridine rings is 1. The zero-order chi connectivity index (χ0) is 22.1. The number of fused-ring (bicyclic) bond motifs is 1. The summed E-state index contributed by atoms with van der Waals surface area (Å²) in [5, 5.41) is 15.4. The highest BCUT2D eigenvalue weighted by molar-refractivity contribution is 7.99. The number of carbonyl (C=O) groups is 1. The Hall–Kier alpha value is -3.65. The third-order valence-electron chi connectivity index (χ3n) is 5.38. The summed E-state index contributed by atoms with van der Waals surface area (Å²) in [7, 11) is 0. The van der Waals surface area contributed by atoms with Gasteiger partial charge in [-0.3, -0.25) is 19.9 Å². The minimum atomic E-state index is -0.364. The average molecular weight is 445 g/mol. The number of hydrogen-bond acceptors (Lipinski definition) is 5. The summed E-state index contributed by atoms with van der Waals surface area (Å²) >= 11 is 1.36. The third kappa shape index (κ3) is 4.22. The van der Waals surface area contributed by atoms with Gasteiger partial charge in [0, 0.05) is 53.1 Å². The van der Waals surface area contributed by atoms with Crippen molar-refractivity contribution in [2.45, 2.75) is 35.2 Å². The molecule has 0 aliphatic heterocycles. The van der Waals surface area contributed by atoms with Crippen LogP contribution in [0.5, 0.6) is 0 Å². The summed E-state index contributed by atoms with van der Waals surface area (Å²) < 4.78 is 2.07. The molecule has 0 bridgehead atoms. The van der Waals surface area contributed by atoms with Gasteiger partial charge in [-0.05, 0) is 42.7 Å². The van der Waals surface area contributed by atoms with Gasteiger partial charge in [-0.1, -0.05) is 36.0 Å². The Morgan fingerprint density at radius 2 is 2.00 bits per heavy atom. The Bertz CT molecular complexity index is 1320. The molecular weight excluding hydrogens is 424 g/mol. The summed E-state index contributed by atoms with van der Waals surface area (Å²) in [5.74, 6) is -0.0728. The Labute approximate surface area is 188 Å². The topological polar surface area (TPSA) is 90.1 Å². The molecule has 2 heterocycles. The number of para-hydroxylation sites is 1. The maximum absolute atomic E-state index is 12.6. The predicted octanol–water partition coefficient (Wildman–Crippen LogP) is 5.04. The van der Waals surface area contributed by atoms with Crippen LogP contribution in [0.2, 0.25) is 0 Å². The molecule has 1 aliphatic rings. The first kappa shape index (κ1) is 20.3. The lowest BCUT2D eigenvalue weighted by Crippen LogP contribution is -2.25. The van der Waals surface area contributed by atoms with E-state index in [0.29, 0.717) is 17.0 Å². The fourth-order valence-electron chi connectivity index (χ4n) is 3.61. The van der Waals surface area contributed by atoms with Crippen molar-refractivity contribution >= 4 is 34.3 Å². The molecule has 5 rings (SSSR count). The number of nitro groups is 1. The number of hydrogen-bond donors (Lipinski definition) is 1. The Kier molecular flexibility index (Phi) is 5.36. The van der Waals surface area contributed by atoms with E-state index in [4.69, 9.17) is 0 Å². The van der Waals surface area contributed by atoms with Gasteiger partial charge in [-0.2, -0.15) is 0 Å². The largest absolute Gasteiger partial charge is 0.349 e. The van der Waals surface area contributed by atoms with E-state index in [1.165, 1.54) is 17.8 Å². The van der Waals surface area contributed by atoms with Gasteiger partial charge in [0.2, 0.25) is 0 Å². The van der Waals surface area contributed by atoms with Gasteiger partial charge in [-0.25, -0.2) is 0 Å². The van der Waals surface area contributed by atoms with Crippen molar-refractivity contribution in [3.05, 3.63) is 94.4 Å². The molecule has 1 aliphatic carbocycles. The van der Waals surface area contributed by atoms with Gasteiger partial charge in [0.15, 0.2) is 0 Å². The first-order valence-corrected chi connectivity index (χ1v) is 11.1. The van der Waals surface area contributed by atoms with Crippen LogP contribution in [-0.2, 0) is 6.54 Å². The van der Waals surface area contributed by atoms with Crippen LogP contribution >= 0.6 is 11.8 Å². The van der Waals surface area contributed by atoms with E-state index < -0.39 is 0 Å². The van der Waals surface area contributed by atoms with E-state index in [9.17, 15) is 14.9 Å². The van der Waals surface area contributed by atoms with Crippen molar-refractivity contribution in [2.24, 2.45) is 0 Å². The number of nitro benzene ring substituents is 1. The molecule has 0 unspecified atom stereocenters. The van der Waals surface area contributed by atoms with Crippen LogP contribution in [0.25, 0.3) is 10.9 Å². The zero-order valence-electron chi connectivity index (χ0n) is 17.1. The molecule has 0 atom stereocenters. The Balaban J connectivity index is 1.56. The average Bonchev–Trinajstić information content (AvgIpc) is 3.56. The molecule has 160 valence electrons. The quantitative estimate of drug-likeness (QED) is 0.319. The smallest absolute Gasteiger partial charge is 0.283 e. The van der Waals surface area contributed by atoms with E-state index in [1.807, 2.05) is 42.7 Å². The van der Waals surface area contributed by atoms with E-state index in [0.717, 1.165) is 34.2 Å². The lowest BCUT2D eigenvalue weighted by Gasteiger charge is -2.07. The van der Waals surface area contributed by atoms with Crippen LogP contribution in [0.1, 0.15) is 28.8 Å². The first-order valence-electron chi connectivity index (χ1n) is 10.3. The van der Waals surface area contributed by atoms with Crippen molar-refractivity contribution in [2.75, 3.05) is 0 Å². The third-order valence-corrected chi connectivity index (χ3v) is 6.49. The van der Waals surface area contributed by atoms with Gasteiger partial charge in [0.05, 0.1) is 15.3 Å². The van der Waals surface area contributed by atoms with Crippen LogP contribution in [-0.4, -0.2) is 26.4 Å². The summed E-state index contributed by atoms with van der Waals surface area (Å²) in [5.41, 5.74) is 2.61. The minimum Gasteiger partial charge on any atom is -0.349 e. The predicted molar refractivity (Wildman–Crippen MR) is 123 cm³/mol. The highest BCUT2D eigenvalue weighted by Gasteiger charge is 2.24. The SMILES string of the molecule is O=C(NC1CC1)c1ccc2c(Sc3ccccc3[N+](=O)[O-])cn(Cc3cccnc3)c2c1. The molecule has 1 saturated carbocycles. The lowest BCUT2D eigenvalue weighted by atomic mass is 10.1. The molecule has 0 spiro atoms.